The van der Waals surface area contributed by atoms with Crippen LogP contribution in [0.15, 0.2) is 60.7 Å². The Kier molecular flexibility index (Phi) is 5.68. The maximum absolute atomic E-state index is 12.5. The molecule has 28 heavy (non-hydrogen) atoms. The average Bonchev–Trinajstić information content (AvgIpc) is 3.00. The van der Waals surface area contributed by atoms with Gasteiger partial charge in [-0.15, -0.1) is 0 Å². The highest BCUT2D eigenvalue weighted by molar-refractivity contribution is 5.97. The number of hydrogen-bond donors (Lipinski definition) is 3. The highest BCUT2D eigenvalue weighted by Crippen LogP contribution is 2.35. The van der Waals surface area contributed by atoms with Gasteiger partial charge in [0.15, 0.2) is 0 Å². The van der Waals surface area contributed by atoms with Crippen molar-refractivity contribution < 1.29 is 4.79 Å². The van der Waals surface area contributed by atoms with E-state index in [0.717, 1.165) is 12.0 Å². The third kappa shape index (κ3) is 4.52. The van der Waals surface area contributed by atoms with Gasteiger partial charge < -0.3 is 16.4 Å². The Morgan fingerprint density at radius 2 is 1.64 bits per heavy atom. The van der Waals surface area contributed by atoms with Crippen molar-refractivity contribution in [2.24, 2.45) is 0 Å². The fourth-order valence-corrected chi connectivity index (χ4v) is 2.99. The highest BCUT2D eigenvalue weighted by atomic mass is 16.2. The first-order valence-corrected chi connectivity index (χ1v) is 9.39. The van der Waals surface area contributed by atoms with Gasteiger partial charge in [0, 0.05) is 12.1 Å². The lowest BCUT2D eigenvalue weighted by molar-refractivity contribution is 0.252. The Morgan fingerprint density at radius 1 is 1.04 bits per heavy atom. The lowest BCUT2D eigenvalue weighted by atomic mass is 10.1. The number of anilines is 2. The maximum Gasteiger partial charge on any atom is 0.319 e. The quantitative estimate of drug-likeness (QED) is 0.621. The van der Waals surface area contributed by atoms with Gasteiger partial charge in [0.05, 0.1) is 5.54 Å². The van der Waals surface area contributed by atoms with E-state index in [9.17, 15) is 4.79 Å². The van der Waals surface area contributed by atoms with Crippen molar-refractivity contribution >= 4 is 17.5 Å². The summed E-state index contributed by atoms with van der Waals surface area (Å²) in [5.41, 5.74) is 9.30. The molecule has 2 amide bonds. The zero-order chi connectivity index (χ0) is 20.1. The van der Waals surface area contributed by atoms with Crippen LogP contribution >= 0.6 is 0 Å². The van der Waals surface area contributed by atoms with Gasteiger partial charge in [-0.2, -0.15) is 5.10 Å². The molecule has 6 heteroatoms. The third-order valence-corrected chi connectivity index (χ3v) is 4.38. The van der Waals surface area contributed by atoms with Gasteiger partial charge in [0.2, 0.25) is 0 Å². The molecule has 0 aliphatic rings. The van der Waals surface area contributed by atoms with E-state index in [1.807, 2.05) is 81.4 Å². The van der Waals surface area contributed by atoms with E-state index in [1.165, 1.54) is 5.56 Å². The molecular weight excluding hydrogens is 350 g/mol. The number of carbonyl (C=O) groups is 1. The molecule has 1 heterocycles. The van der Waals surface area contributed by atoms with Gasteiger partial charge in [0.25, 0.3) is 0 Å². The van der Waals surface area contributed by atoms with Gasteiger partial charge in [-0.25, -0.2) is 9.48 Å². The summed E-state index contributed by atoms with van der Waals surface area (Å²) >= 11 is 0. The Hall–Kier alpha value is -3.28. The number of nitrogens with zero attached hydrogens (tertiary/aromatic N) is 2. The van der Waals surface area contributed by atoms with Gasteiger partial charge in [-0.1, -0.05) is 60.7 Å². The molecule has 0 aliphatic heterocycles. The minimum absolute atomic E-state index is 0.298. The Bertz CT molecular complexity index is 927. The van der Waals surface area contributed by atoms with Crippen LogP contribution in [0.25, 0.3) is 11.3 Å². The predicted octanol–water partition coefficient (Wildman–Crippen LogP) is 4.25. The van der Waals surface area contributed by atoms with Crippen LogP contribution in [0.4, 0.5) is 16.3 Å². The van der Waals surface area contributed by atoms with Crippen molar-refractivity contribution in [3.63, 3.8) is 0 Å². The molecule has 3 aromatic rings. The van der Waals surface area contributed by atoms with Crippen molar-refractivity contribution in [3.05, 3.63) is 66.2 Å². The second-order valence-corrected chi connectivity index (χ2v) is 7.67. The summed E-state index contributed by atoms with van der Waals surface area (Å²) in [6.07, 6.45) is 0.760. The molecule has 6 nitrogen and oxygen atoms in total. The number of nitrogens with two attached hydrogens (primary N) is 1. The molecule has 0 atom stereocenters. The minimum Gasteiger partial charge on any atom is -0.382 e. The highest BCUT2D eigenvalue weighted by Gasteiger charge is 2.25. The van der Waals surface area contributed by atoms with Crippen molar-refractivity contribution in [3.8, 4) is 11.3 Å². The van der Waals surface area contributed by atoms with Crippen molar-refractivity contribution in [1.29, 1.82) is 0 Å². The van der Waals surface area contributed by atoms with Gasteiger partial charge in [-0.3, -0.25) is 0 Å². The number of amides is 2. The maximum atomic E-state index is 12.5. The van der Waals surface area contributed by atoms with Crippen LogP contribution in [0.5, 0.6) is 0 Å². The first-order valence-electron chi connectivity index (χ1n) is 9.39. The molecule has 0 saturated heterocycles. The molecule has 0 fully saturated rings. The van der Waals surface area contributed by atoms with E-state index in [4.69, 9.17) is 5.73 Å². The van der Waals surface area contributed by atoms with Crippen LogP contribution in [0.1, 0.15) is 26.3 Å². The molecule has 0 spiro atoms. The molecule has 0 aliphatic carbocycles. The second kappa shape index (κ2) is 8.17. The summed E-state index contributed by atoms with van der Waals surface area (Å²) in [4.78, 5) is 12.5. The molecule has 0 saturated carbocycles. The summed E-state index contributed by atoms with van der Waals surface area (Å²) in [6, 6.07) is 19.5. The number of urea groups is 1. The predicted molar refractivity (Wildman–Crippen MR) is 114 cm³/mol. The summed E-state index contributed by atoms with van der Waals surface area (Å²) in [7, 11) is 0. The number of nitrogens with one attached hydrogen (secondary N) is 2. The van der Waals surface area contributed by atoms with E-state index < -0.39 is 0 Å². The average molecular weight is 377 g/mol. The van der Waals surface area contributed by atoms with Crippen LogP contribution in [-0.4, -0.2) is 22.4 Å². The van der Waals surface area contributed by atoms with Crippen LogP contribution < -0.4 is 16.4 Å². The smallest absolute Gasteiger partial charge is 0.319 e. The third-order valence-electron chi connectivity index (χ3n) is 4.38. The number of carbonyl (C=O) groups excluding carboxylic acids is 1. The molecule has 0 radical (unpaired) electrons. The lowest BCUT2D eigenvalue weighted by Gasteiger charge is -2.20. The Balaban J connectivity index is 1.78. The first kappa shape index (κ1) is 19.5. The first-order chi connectivity index (χ1) is 13.4. The fraction of sp³-hybridized carbons (Fsp3) is 0.273. The summed E-state index contributed by atoms with van der Waals surface area (Å²) in [5.74, 6) is 0.435. The van der Waals surface area contributed by atoms with Crippen molar-refractivity contribution in [2.45, 2.75) is 32.7 Å². The van der Waals surface area contributed by atoms with Crippen molar-refractivity contribution in [1.82, 2.24) is 15.1 Å². The van der Waals surface area contributed by atoms with E-state index in [2.05, 4.69) is 15.7 Å². The minimum atomic E-state index is -0.308. The number of hydrogen-bond acceptors (Lipinski definition) is 3. The van der Waals surface area contributed by atoms with E-state index in [1.54, 1.807) is 4.68 Å². The molecule has 0 unspecified atom stereocenters. The zero-order valence-corrected chi connectivity index (χ0v) is 16.6. The van der Waals surface area contributed by atoms with E-state index in [0.29, 0.717) is 23.7 Å². The van der Waals surface area contributed by atoms with Crippen molar-refractivity contribution in [2.75, 3.05) is 17.6 Å². The summed E-state index contributed by atoms with van der Waals surface area (Å²) in [6.45, 7) is 6.60. The van der Waals surface area contributed by atoms with Gasteiger partial charge in [0.1, 0.15) is 17.2 Å². The standard InChI is InChI=1S/C22H27N5O/c1-22(2,3)27-20(23)19(18(26-27)17-12-8-5-9-13-17)25-21(28)24-15-14-16-10-6-4-7-11-16/h4-13H,14-15,23H2,1-3H3,(H2,24,25,28). The van der Waals surface area contributed by atoms with Crippen LogP contribution in [0.3, 0.4) is 0 Å². The molecule has 3 rings (SSSR count). The number of benzene rings is 2. The number of rotatable bonds is 5. The monoisotopic (exact) mass is 377 g/mol. The molecular formula is C22H27N5O. The SMILES string of the molecule is CC(C)(C)n1nc(-c2ccccc2)c(NC(=O)NCCc2ccccc2)c1N. The summed E-state index contributed by atoms with van der Waals surface area (Å²) < 4.78 is 1.74. The number of nitrogen functional groups attached to an aromatic ring is 1. The van der Waals surface area contributed by atoms with Gasteiger partial charge >= 0.3 is 6.03 Å². The molecule has 0 bridgehead atoms. The largest absolute Gasteiger partial charge is 0.382 e. The fourth-order valence-electron chi connectivity index (χ4n) is 2.99. The molecule has 146 valence electrons. The molecule has 4 N–H and O–H groups in total. The van der Waals surface area contributed by atoms with Crippen LogP contribution in [0, 0.1) is 0 Å². The lowest BCUT2D eigenvalue weighted by Crippen LogP contribution is -2.31. The molecule has 1 aromatic heterocycles. The van der Waals surface area contributed by atoms with Crippen LogP contribution in [0.2, 0.25) is 0 Å². The van der Waals surface area contributed by atoms with E-state index in [-0.39, 0.29) is 11.6 Å². The topological polar surface area (TPSA) is 85.0 Å². The second-order valence-electron chi connectivity index (χ2n) is 7.67. The number of aromatic nitrogens is 2. The molecule has 2 aromatic carbocycles. The zero-order valence-electron chi connectivity index (χ0n) is 16.6. The normalized spacial score (nSPS) is 11.2. The Labute approximate surface area is 165 Å². The van der Waals surface area contributed by atoms with Crippen LogP contribution in [-0.2, 0) is 12.0 Å². The summed E-state index contributed by atoms with van der Waals surface area (Å²) in [5, 5.41) is 10.5. The van der Waals surface area contributed by atoms with Gasteiger partial charge in [-0.05, 0) is 32.8 Å². The Morgan fingerprint density at radius 3 is 2.25 bits per heavy atom. The van der Waals surface area contributed by atoms with E-state index >= 15 is 0 Å².